The lowest BCUT2D eigenvalue weighted by molar-refractivity contribution is 0.0532. The van der Waals surface area contributed by atoms with Gasteiger partial charge in [0.2, 0.25) is 0 Å². The molecule has 8 heteroatoms. The molecule has 3 rings (SSSR count). The first-order chi connectivity index (χ1) is 12.1. The Morgan fingerprint density at radius 3 is 2.88 bits per heavy atom. The number of fused-ring (bicyclic) bond motifs is 1. The first-order valence-electron chi connectivity index (χ1n) is 8.46. The van der Waals surface area contributed by atoms with Crippen molar-refractivity contribution in [1.29, 1.82) is 5.26 Å². The smallest absolute Gasteiger partial charge is 0.317 e. The average molecular weight is 342 g/mol. The van der Waals surface area contributed by atoms with E-state index in [0.717, 1.165) is 17.1 Å². The van der Waals surface area contributed by atoms with Crippen molar-refractivity contribution in [1.82, 2.24) is 24.8 Å². The summed E-state index contributed by atoms with van der Waals surface area (Å²) in [6, 6.07) is 4.09. The molecule has 0 bridgehead atoms. The number of aryl methyl sites for hydroxylation is 3. The van der Waals surface area contributed by atoms with Crippen molar-refractivity contribution >= 4 is 11.7 Å². The Morgan fingerprint density at radius 2 is 2.16 bits per heavy atom. The van der Waals surface area contributed by atoms with Gasteiger partial charge in [-0.1, -0.05) is 0 Å². The average Bonchev–Trinajstić information content (AvgIpc) is 2.97. The summed E-state index contributed by atoms with van der Waals surface area (Å²) in [4.78, 5) is 18.2. The molecule has 0 atom stereocenters. The van der Waals surface area contributed by atoms with Gasteiger partial charge < -0.3 is 15.0 Å². The Bertz CT molecular complexity index is 817. The third-order valence-corrected chi connectivity index (χ3v) is 4.24. The number of aromatic nitrogens is 3. The van der Waals surface area contributed by atoms with Crippen LogP contribution in [0.1, 0.15) is 29.1 Å². The van der Waals surface area contributed by atoms with Crippen LogP contribution in [-0.2, 0) is 11.2 Å². The number of nitrogens with zero attached hydrogens (tertiary/aromatic N) is 5. The normalized spacial score (nSPS) is 14.5. The highest BCUT2D eigenvalue weighted by Gasteiger charge is 2.17. The summed E-state index contributed by atoms with van der Waals surface area (Å²) < 4.78 is 6.95. The van der Waals surface area contributed by atoms with E-state index in [0.29, 0.717) is 56.9 Å². The lowest BCUT2D eigenvalue weighted by Crippen LogP contribution is -2.46. The van der Waals surface area contributed by atoms with Gasteiger partial charge in [0.05, 0.1) is 18.9 Å². The number of carbonyl (C=O) groups excluding carboxylic acids is 1. The van der Waals surface area contributed by atoms with E-state index in [-0.39, 0.29) is 6.03 Å². The molecule has 25 heavy (non-hydrogen) atoms. The fourth-order valence-corrected chi connectivity index (χ4v) is 2.98. The van der Waals surface area contributed by atoms with Crippen molar-refractivity contribution in [2.75, 3.05) is 32.8 Å². The number of urea groups is 1. The van der Waals surface area contributed by atoms with Crippen molar-refractivity contribution in [3.63, 3.8) is 0 Å². The summed E-state index contributed by atoms with van der Waals surface area (Å²) in [5.74, 6) is 0. The summed E-state index contributed by atoms with van der Waals surface area (Å²) in [5.41, 5.74) is 3.67. The van der Waals surface area contributed by atoms with Crippen LogP contribution in [0.4, 0.5) is 4.79 Å². The van der Waals surface area contributed by atoms with E-state index in [1.54, 1.807) is 9.42 Å². The number of amides is 2. The van der Waals surface area contributed by atoms with E-state index in [4.69, 9.17) is 4.74 Å². The summed E-state index contributed by atoms with van der Waals surface area (Å²) in [6.45, 7) is 6.82. The van der Waals surface area contributed by atoms with Crippen LogP contribution in [-0.4, -0.2) is 58.4 Å². The number of ether oxygens (including phenoxy) is 1. The van der Waals surface area contributed by atoms with Gasteiger partial charge >= 0.3 is 6.03 Å². The Kier molecular flexibility index (Phi) is 5.14. The van der Waals surface area contributed by atoms with Gasteiger partial charge in [-0.25, -0.2) is 14.3 Å². The number of hydrogen-bond donors (Lipinski definition) is 1. The molecule has 0 radical (unpaired) electrons. The predicted octanol–water partition coefficient (Wildman–Crippen LogP) is 1.19. The maximum atomic E-state index is 12.0. The molecule has 0 aliphatic carbocycles. The van der Waals surface area contributed by atoms with Crippen molar-refractivity contribution in [2.45, 2.75) is 26.7 Å². The first kappa shape index (κ1) is 17.2. The molecule has 1 saturated heterocycles. The molecule has 132 valence electrons. The first-order valence-corrected chi connectivity index (χ1v) is 8.46. The Labute approximate surface area is 146 Å². The van der Waals surface area contributed by atoms with E-state index in [2.05, 4.69) is 21.5 Å². The van der Waals surface area contributed by atoms with E-state index in [1.165, 1.54) is 0 Å². The molecule has 0 spiro atoms. The molecule has 0 aromatic carbocycles. The molecule has 1 fully saturated rings. The molecule has 0 unspecified atom stereocenters. The standard InChI is InChI=1S/C17H22N6O2/c1-12-10-13(2)23-16(20-12)14(11-18)15(21-23)4-3-5-19-17(24)22-6-8-25-9-7-22/h10H,3-9H2,1-2H3,(H,19,24). The number of carbonyl (C=O) groups is 1. The van der Waals surface area contributed by atoms with Crippen LogP contribution in [0.5, 0.6) is 0 Å². The zero-order chi connectivity index (χ0) is 17.8. The fourth-order valence-electron chi connectivity index (χ4n) is 2.98. The molecule has 2 amide bonds. The van der Waals surface area contributed by atoms with E-state index in [9.17, 15) is 10.1 Å². The summed E-state index contributed by atoms with van der Waals surface area (Å²) in [6.07, 6.45) is 1.33. The van der Waals surface area contributed by atoms with Crippen LogP contribution in [0.3, 0.4) is 0 Å². The molecule has 1 aliphatic heterocycles. The summed E-state index contributed by atoms with van der Waals surface area (Å²) in [7, 11) is 0. The maximum Gasteiger partial charge on any atom is 0.317 e. The van der Waals surface area contributed by atoms with Gasteiger partial charge in [-0.15, -0.1) is 0 Å². The fraction of sp³-hybridized carbons (Fsp3) is 0.529. The van der Waals surface area contributed by atoms with Crippen molar-refractivity contribution in [3.8, 4) is 6.07 Å². The van der Waals surface area contributed by atoms with Crippen LogP contribution >= 0.6 is 0 Å². The number of nitriles is 1. The summed E-state index contributed by atoms with van der Waals surface area (Å²) in [5, 5.41) is 16.9. The van der Waals surface area contributed by atoms with Gasteiger partial charge in [0.25, 0.3) is 0 Å². The van der Waals surface area contributed by atoms with Crippen LogP contribution in [0.25, 0.3) is 5.65 Å². The predicted molar refractivity (Wildman–Crippen MR) is 91.3 cm³/mol. The second-order valence-electron chi connectivity index (χ2n) is 6.14. The van der Waals surface area contributed by atoms with E-state index in [1.807, 2.05) is 19.9 Å². The lowest BCUT2D eigenvalue weighted by atomic mass is 10.1. The molecular formula is C17H22N6O2. The van der Waals surface area contributed by atoms with Gasteiger partial charge in [-0.2, -0.15) is 10.4 Å². The molecule has 1 N–H and O–H groups in total. The van der Waals surface area contributed by atoms with Crippen molar-refractivity contribution in [3.05, 3.63) is 28.7 Å². The highest BCUT2D eigenvalue weighted by Crippen LogP contribution is 2.17. The zero-order valence-electron chi connectivity index (χ0n) is 14.6. The second-order valence-corrected chi connectivity index (χ2v) is 6.14. The third kappa shape index (κ3) is 3.72. The molecule has 8 nitrogen and oxygen atoms in total. The van der Waals surface area contributed by atoms with E-state index >= 15 is 0 Å². The minimum absolute atomic E-state index is 0.0630. The number of nitrogens with one attached hydrogen (secondary N) is 1. The highest BCUT2D eigenvalue weighted by atomic mass is 16.5. The minimum Gasteiger partial charge on any atom is -0.378 e. The van der Waals surface area contributed by atoms with Gasteiger partial charge in [0, 0.05) is 31.0 Å². The van der Waals surface area contributed by atoms with Crippen molar-refractivity contribution in [2.24, 2.45) is 0 Å². The molecule has 2 aromatic heterocycles. The maximum absolute atomic E-state index is 12.0. The van der Waals surface area contributed by atoms with Crippen LogP contribution in [0, 0.1) is 25.2 Å². The quantitative estimate of drug-likeness (QED) is 0.842. The molecule has 1 aliphatic rings. The van der Waals surface area contributed by atoms with Gasteiger partial charge in [0.1, 0.15) is 11.6 Å². The van der Waals surface area contributed by atoms with Crippen LogP contribution in [0.15, 0.2) is 6.07 Å². The molecular weight excluding hydrogens is 320 g/mol. The number of hydrogen-bond acceptors (Lipinski definition) is 5. The Morgan fingerprint density at radius 1 is 1.40 bits per heavy atom. The SMILES string of the molecule is Cc1cc(C)n2nc(CCCNC(=O)N3CCOCC3)c(C#N)c2n1. The topological polar surface area (TPSA) is 95.5 Å². The highest BCUT2D eigenvalue weighted by molar-refractivity contribution is 5.74. The number of morpholine rings is 1. The largest absolute Gasteiger partial charge is 0.378 e. The monoisotopic (exact) mass is 342 g/mol. The lowest BCUT2D eigenvalue weighted by Gasteiger charge is -2.26. The Hall–Kier alpha value is -2.66. The second kappa shape index (κ2) is 7.49. The van der Waals surface area contributed by atoms with Crippen LogP contribution < -0.4 is 5.32 Å². The third-order valence-electron chi connectivity index (χ3n) is 4.24. The molecule has 3 heterocycles. The van der Waals surface area contributed by atoms with Crippen LogP contribution in [0.2, 0.25) is 0 Å². The van der Waals surface area contributed by atoms with Crippen molar-refractivity contribution < 1.29 is 9.53 Å². The zero-order valence-corrected chi connectivity index (χ0v) is 14.6. The summed E-state index contributed by atoms with van der Waals surface area (Å²) >= 11 is 0. The van der Waals surface area contributed by atoms with E-state index < -0.39 is 0 Å². The molecule has 0 saturated carbocycles. The van der Waals surface area contributed by atoms with Gasteiger partial charge in [0.15, 0.2) is 5.65 Å². The molecule has 2 aromatic rings. The Balaban J connectivity index is 1.61. The van der Waals surface area contributed by atoms with Gasteiger partial charge in [-0.3, -0.25) is 0 Å². The number of rotatable bonds is 4. The van der Waals surface area contributed by atoms with Gasteiger partial charge in [-0.05, 0) is 32.8 Å². The minimum atomic E-state index is -0.0630.